The molecule has 100 valence electrons. The topological polar surface area (TPSA) is 22.1 Å². The monoisotopic (exact) mass is 283 g/mol. The van der Waals surface area contributed by atoms with Crippen LogP contribution in [0.5, 0.6) is 0 Å². The molecule has 3 rings (SSSR count). The van der Waals surface area contributed by atoms with Crippen molar-refractivity contribution in [2.45, 2.75) is 13.2 Å². The molecule has 2 aromatic carbocycles. The van der Waals surface area contributed by atoms with Gasteiger partial charge in [0.05, 0.1) is 18.7 Å². The summed E-state index contributed by atoms with van der Waals surface area (Å²) < 4.78 is 5.71. The lowest BCUT2D eigenvalue weighted by molar-refractivity contribution is 0.107. The van der Waals surface area contributed by atoms with E-state index in [4.69, 9.17) is 16.3 Å². The molecule has 0 aliphatic heterocycles. The molecule has 0 amide bonds. The molecule has 0 fully saturated rings. The predicted octanol–water partition coefficient (Wildman–Crippen LogP) is 4.61. The summed E-state index contributed by atoms with van der Waals surface area (Å²) in [6.45, 7) is 1.04. The lowest BCUT2D eigenvalue weighted by Gasteiger charge is -2.07. The van der Waals surface area contributed by atoms with Gasteiger partial charge in [-0.15, -0.1) is 0 Å². The molecule has 0 spiro atoms. The summed E-state index contributed by atoms with van der Waals surface area (Å²) in [4.78, 5) is 4.39. The van der Waals surface area contributed by atoms with Crippen LogP contribution in [0.4, 0.5) is 0 Å². The number of ether oxygens (including phenoxy) is 1. The maximum absolute atomic E-state index is 6.19. The second kappa shape index (κ2) is 6.04. The third-order valence-corrected chi connectivity index (χ3v) is 3.45. The van der Waals surface area contributed by atoms with Gasteiger partial charge in [0.2, 0.25) is 0 Å². The first-order valence-corrected chi connectivity index (χ1v) is 6.86. The van der Waals surface area contributed by atoms with Crippen molar-refractivity contribution in [1.29, 1.82) is 0 Å². The summed E-state index contributed by atoms with van der Waals surface area (Å²) in [5, 5.41) is 1.59. The molecule has 0 atom stereocenters. The lowest BCUT2D eigenvalue weighted by atomic mass is 10.2. The van der Waals surface area contributed by atoms with Crippen LogP contribution in [0.1, 0.15) is 11.1 Å². The summed E-state index contributed by atoms with van der Waals surface area (Å²) in [7, 11) is 0. The van der Waals surface area contributed by atoms with Gasteiger partial charge in [-0.2, -0.15) is 0 Å². The summed E-state index contributed by atoms with van der Waals surface area (Å²) in [5.41, 5.74) is 2.97. The molecule has 0 aliphatic carbocycles. The van der Waals surface area contributed by atoms with Gasteiger partial charge in [0.15, 0.2) is 0 Å². The molecule has 0 bridgehead atoms. The van der Waals surface area contributed by atoms with E-state index in [1.165, 1.54) is 0 Å². The summed E-state index contributed by atoms with van der Waals surface area (Å²) in [6.07, 6.45) is 0. The van der Waals surface area contributed by atoms with E-state index < -0.39 is 0 Å². The van der Waals surface area contributed by atoms with E-state index in [2.05, 4.69) is 4.98 Å². The van der Waals surface area contributed by atoms with E-state index in [0.29, 0.717) is 18.4 Å². The number of aromatic nitrogens is 1. The van der Waals surface area contributed by atoms with E-state index in [1.807, 2.05) is 60.7 Å². The van der Waals surface area contributed by atoms with Gasteiger partial charge in [-0.05, 0) is 17.7 Å². The number of benzene rings is 2. The Bertz CT molecular complexity index is 713. The van der Waals surface area contributed by atoms with Crippen LogP contribution in [0.25, 0.3) is 10.9 Å². The van der Waals surface area contributed by atoms with Gasteiger partial charge in [-0.1, -0.05) is 60.1 Å². The number of para-hydroxylation sites is 1. The van der Waals surface area contributed by atoms with Crippen LogP contribution in [-0.2, 0) is 18.0 Å². The minimum atomic E-state index is 0.464. The van der Waals surface area contributed by atoms with Gasteiger partial charge in [-0.25, -0.2) is 4.98 Å². The molecule has 20 heavy (non-hydrogen) atoms. The molecule has 3 heteroatoms. The fraction of sp³-hybridized carbons (Fsp3) is 0.118. The average molecular weight is 284 g/mol. The maximum Gasteiger partial charge on any atom is 0.135 e. The number of hydrogen-bond donors (Lipinski definition) is 0. The quantitative estimate of drug-likeness (QED) is 0.653. The lowest BCUT2D eigenvalue weighted by Crippen LogP contribution is -1.96. The van der Waals surface area contributed by atoms with Crippen molar-refractivity contribution in [3.63, 3.8) is 0 Å². The highest BCUT2D eigenvalue weighted by Crippen LogP contribution is 2.21. The Labute approximate surface area is 123 Å². The van der Waals surface area contributed by atoms with Crippen LogP contribution in [0.2, 0.25) is 5.15 Å². The SMILES string of the molecule is Clc1nc2ccccc2cc1COCc1ccccc1. The first kappa shape index (κ1) is 13.1. The minimum Gasteiger partial charge on any atom is -0.372 e. The molecular formula is C17H14ClNO. The summed E-state index contributed by atoms with van der Waals surface area (Å²) in [5.74, 6) is 0. The van der Waals surface area contributed by atoms with Crippen LogP contribution < -0.4 is 0 Å². The van der Waals surface area contributed by atoms with Gasteiger partial charge in [0, 0.05) is 10.9 Å². The van der Waals surface area contributed by atoms with Crippen molar-refractivity contribution in [2.75, 3.05) is 0 Å². The van der Waals surface area contributed by atoms with Crippen LogP contribution in [0.15, 0.2) is 60.7 Å². The number of hydrogen-bond acceptors (Lipinski definition) is 2. The molecule has 0 radical (unpaired) electrons. The molecule has 0 aliphatic rings. The predicted molar refractivity (Wildman–Crippen MR) is 81.7 cm³/mol. The standard InChI is InChI=1S/C17H14ClNO/c18-17-15(10-14-8-4-5-9-16(14)19-17)12-20-11-13-6-2-1-3-7-13/h1-10H,11-12H2. The first-order chi connectivity index (χ1) is 9.83. The molecule has 0 saturated carbocycles. The zero-order valence-electron chi connectivity index (χ0n) is 10.9. The Morgan fingerprint density at radius 1 is 0.900 bits per heavy atom. The zero-order chi connectivity index (χ0) is 13.8. The Morgan fingerprint density at radius 3 is 2.50 bits per heavy atom. The van der Waals surface area contributed by atoms with Gasteiger partial charge < -0.3 is 4.74 Å². The van der Waals surface area contributed by atoms with Crippen molar-refractivity contribution in [1.82, 2.24) is 4.98 Å². The third kappa shape index (κ3) is 2.98. The molecule has 0 saturated heterocycles. The molecule has 1 aromatic heterocycles. The fourth-order valence-corrected chi connectivity index (χ4v) is 2.29. The summed E-state index contributed by atoms with van der Waals surface area (Å²) in [6, 6.07) is 20.1. The highest BCUT2D eigenvalue weighted by Gasteiger charge is 2.05. The van der Waals surface area contributed by atoms with Crippen molar-refractivity contribution in [3.8, 4) is 0 Å². The zero-order valence-corrected chi connectivity index (χ0v) is 11.7. The Morgan fingerprint density at radius 2 is 1.65 bits per heavy atom. The Balaban J connectivity index is 1.72. The highest BCUT2D eigenvalue weighted by molar-refractivity contribution is 6.30. The van der Waals surface area contributed by atoms with Crippen molar-refractivity contribution in [2.24, 2.45) is 0 Å². The second-order valence-corrected chi connectivity index (χ2v) is 4.97. The summed E-state index contributed by atoms with van der Waals surface area (Å²) >= 11 is 6.19. The Kier molecular flexibility index (Phi) is 3.95. The highest BCUT2D eigenvalue weighted by atomic mass is 35.5. The van der Waals surface area contributed by atoms with Crippen molar-refractivity contribution in [3.05, 3.63) is 76.9 Å². The van der Waals surface area contributed by atoms with E-state index in [1.54, 1.807) is 0 Å². The normalized spacial score (nSPS) is 10.8. The molecular weight excluding hydrogens is 270 g/mol. The van der Waals surface area contributed by atoms with Gasteiger partial charge in [-0.3, -0.25) is 0 Å². The largest absolute Gasteiger partial charge is 0.372 e. The second-order valence-electron chi connectivity index (χ2n) is 4.61. The van der Waals surface area contributed by atoms with Crippen LogP contribution >= 0.6 is 11.6 Å². The van der Waals surface area contributed by atoms with E-state index >= 15 is 0 Å². The van der Waals surface area contributed by atoms with Crippen molar-refractivity contribution < 1.29 is 4.74 Å². The van der Waals surface area contributed by atoms with E-state index in [-0.39, 0.29) is 0 Å². The van der Waals surface area contributed by atoms with Crippen molar-refractivity contribution >= 4 is 22.5 Å². The number of pyridine rings is 1. The fourth-order valence-electron chi connectivity index (χ4n) is 2.09. The van der Waals surface area contributed by atoms with E-state index in [0.717, 1.165) is 22.0 Å². The number of nitrogens with zero attached hydrogens (tertiary/aromatic N) is 1. The maximum atomic E-state index is 6.19. The van der Waals surface area contributed by atoms with Gasteiger partial charge in [0.25, 0.3) is 0 Å². The van der Waals surface area contributed by atoms with E-state index in [9.17, 15) is 0 Å². The first-order valence-electron chi connectivity index (χ1n) is 6.49. The molecule has 0 unspecified atom stereocenters. The molecule has 2 nitrogen and oxygen atoms in total. The van der Waals surface area contributed by atoms with Gasteiger partial charge >= 0.3 is 0 Å². The smallest absolute Gasteiger partial charge is 0.135 e. The number of halogens is 1. The molecule has 0 N–H and O–H groups in total. The molecule has 3 aromatic rings. The number of rotatable bonds is 4. The van der Waals surface area contributed by atoms with Crippen LogP contribution in [0, 0.1) is 0 Å². The van der Waals surface area contributed by atoms with Crippen LogP contribution in [-0.4, -0.2) is 4.98 Å². The molecule has 1 heterocycles. The minimum absolute atomic E-state index is 0.464. The third-order valence-electron chi connectivity index (χ3n) is 3.12. The number of fused-ring (bicyclic) bond motifs is 1. The average Bonchev–Trinajstić information content (AvgIpc) is 2.49. The Hall–Kier alpha value is -1.90. The van der Waals surface area contributed by atoms with Crippen LogP contribution in [0.3, 0.4) is 0 Å². The van der Waals surface area contributed by atoms with Gasteiger partial charge in [0.1, 0.15) is 5.15 Å².